The van der Waals surface area contributed by atoms with Crippen LogP contribution in [0.4, 0.5) is 17.5 Å². The van der Waals surface area contributed by atoms with Crippen molar-refractivity contribution in [3.05, 3.63) is 49.8 Å². The average molecular weight is 409 g/mol. The smallest absolute Gasteiger partial charge is 0.335 e. The molecule has 1 aromatic carbocycles. The molecule has 0 saturated heterocycles. The van der Waals surface area contributed by atoms with Crippen LogP contribution in [0.1, 0.15) is 12.8 Å². The van der Waals surface area contributed by atoms with Crippen molar-refractivity contribution in [1.29, 1.82) is 0 Å². The predicted octanol–water partition coefficient (Wildman–Crippen LogP) is 0.479. The molecular formula is C19H21N8O3. The molecule has 1 aromatic heterocycles. The number of aromatic nitrogens is 2. The number of hydrogen-bond donors (Lipinski definition) is 5. The van der Waals surface area contributed by atoms with Crippen LogP contribution in [0.25, 0.3) is 10.9 Å². The summed E-state index contributed by atoms with van der Waals surface area (Å²) in [5.41, 5.74) is 17.6. The average Bonchev–Trinajstić information content (AvgIpc) is 3.23. The fourth-order valence-corrected chi connectivity index (χ4v) is 2.61. The molecule has 3 rings (SSSR count). The van der Waals surface area contributed by atoms with E-state index in [9.17, 15) is 9.59 Å². The molecule has 0 aliphatic heterocycles. The molecule has 1 heterocycles. The number of fused-ring (bicyclic) bond motifs is 1. The van der Waals surface area contributed by atoms with Gasteiger partial charge in [-0.05, 0) is 49.0 Å². The number of nitrogens with two attached hydrogens (primary N) is 3. The summed E-state index contributed by atoms with van der Waals surface area (Å²) in [6, 6.07) is 5.49. The van der Waals surface area contributed by atoms with Crippen LogP contribution < -0.4 is 27.8 Å². The zero-order valence-electron chi connectivity index (χ0n) is 16.0. The number of rotatable bonds is 8. The first-order valence-electron chi connectivity index (χ1n) is 9.01. The summed E-state index contributed by atoms with van der Waals surface area (Å²) < 4.78 is 0. The molecule has 0 atom stereocenters. The molecule has 155 valence electrons. The molecule has 0 bridgehead atoms. The van der Waals surface area contributed by atoms with Gasteiger partial charge in [0.25, 0.3) is 0 Å². The molecule has 0 unspecified atom stereocenters. The van der Waals surface area contributed by atoms with Gasteiger partial charge in [-0.1, -0.05) is 0 Å². The standard InChI is InChI=1S/C19H21N8O3/c20-17-13-9-12(23-10-11-3-1-2-4-11)5-6-14(13)24-19(26-17)25-15(28)7-8-16(29)30-27-18(21)22/h1-6,9,23H,7-8,10H2,(H4,21,22,27)(H3,20,24,25,26,28). The molecule has 5 radical (unpaired) electrons. The summed E-state index contributed by atoms with van der Waals surface area (Å²) in [5.74, 6) is -0.195. The Bertz CT molecular complexity index is 952. The van der Waals surface area contributed by atoms with E-state index >= 15 is 0 Å². The Hall–Kier alpha value is -3.63. The molecule has 1 saturated carbocycles. The van der Waals surface area contributed by atoms with Gasteiger partial charge in [0, 0.05) is 30.0 Å². The number of hydrogen-bond acceptors (Lipinski definition) is 8. The second-order valence-electron chi connectivity index (χ2n) is 6.34. The quantitative estimate of drug-likeness (QED) is 0.179. The van der Waals surface area contributed by atoms with Crippen molar-refractivity contribution in [1.82, 2.24) is 9.97 Å². The van der Waals surface area contributed by atoms with Gasteiger partial charge in [0.05, 0.1) is 11.9 Å². The number of benzene rings is 1. The lowest BCUT2D eigenvalue weighted by Crippen LogP contribution is -2.23. The number of guanidine groups is 1. The fourth-order valence-electron chi connectivity index (χ4n) is 2.61. The number of nitrogens with one attached hydrogen (secondary N) is 2. The third-order valence-corrected chi connectivity index (χ3v) is 4.01. The lowest BCUT2D eigenvalue weighted by atomic mass is 10.1. The lowest BCUT2D eigenvalue weighted by Gasteiger charge is -2.12. The fraction of sp³-hybridized carbons (Fsp3) is 0.158. The largest absolute Gasteiger partial charge is 0.384 e. The Balaban J connectivity index is 1.58. The second kappa shape index (κ2) is 9.72. The molecule has 8 N–H and O–H groups in total. The maximum atomic E-state index is 12.0. The molecule has 1 aliphatic carbocycles. The van der Waals surface area contributed by atoms with E-state index in [1.165, 1.54) is 5.92 Å². The zero-order chi connectivity index (χ0) is 21.5. The van der Waals surface area contributed by atoms with Crippen LogP contribution in [-0.2, 0) is 14.4 Å². The van der Waals surface area contributed by atoms with E-state index in [4.69, 9.17) is 17.2 Å². The van der Waals surface area contributed by atoms with Crippen molar-refractivity contribution in [2.45, 2.75) is 12.8 Å². The second-order valence-corrected chi connectivity index (χ2v) is 6.34. The molecule has 1 fully saturated rings. The highest BCUT2D eigenvalue weighted by Gasteiger charge is 2.17. The summed E-state index contributed by atoms with van der Waals surface area (Å²) >= 11 is 0. The van der Waals surface area contributed by atoms with Crippen molar-refractivity contribution in [3.63, 3.8) is 0 Å². The molecule has 11 heteroatoms. The van der Waals surface area contributed by atoms with Crippen LogP contribution in [0, 0.1) is 31.6 Å². The van der Waals surface area contributed by atoms with Gasteiger partial charge in [-0.2, -0.15) is 4.98 Å². The van der Waals surface area contributed by atoms with E-state index in [2.05, 4.69) is 30.6 Å². The topological polar surface area (TPSA) is 184 Å². The van der Waals surface area contributed by atoms with Crippen LogP contribution in [0.2, 0.25) is 0 Å². The van der Waals surface area contributed by atoms with Gasteiger partial charge in [-0.3, -0.25) is 10.1 Å². The lowest BCUT2D eigenvalue weighted by molar-refractivity contribution is -0.144. The van der Waals surface area contributed by atoms with E-state index in [1.807, 2.05) is 37.8 Å². The SMILES string of the molecule is NC(N)=NOC(=O)CCC(=O)Nc1nc(N)c2cc(NC[C]3[CH][CH][CH][CH]3)ccc2n1. The minimum atomic E-state index is -0.751. The van der Waals surface area contributed by atoms with Crippen LogP contribution >= 0.6 is 0 Å². The maximum Gasteiger partial charge on any atom is 0.335 e. The number of nitrogens with zero attached hydrogens (tertiary/aromatic N) is 3. The number of anilines is 3. The summed E-state index contributed by atoms with van der Waals surface area (Å²) in [4.78, 5) is 36.2. The Labute approximate surface area is 173 Å². The highest BCUT2D eigenvalue weighted by molar-refractivity contribution is 5.95. The third-order valence-electron chi connectivity index (χ3n) is 4.01. The monoisotopic (exact) mass is 409 g/mol. The number of amides is 1. The third kappa shape index (κ3) is 5.93. The van der Waals surface area contributed by atoms with Gasteiger partial charge in [0.2, 0.25) is 17.8 Å². The first-order chi connectivity index (χ1) is 14.4. The molecule has 0 spiro atoms. The minimum absolute atomic E-state index is 0.0417. The van der Waals surface area contributed by atoms with Crippen LogP contribution in [0.5, 0.6) is 0 Å². The summed E-state index contributed by atoms with van der Waals surface area (Å²) in [5, 5.41) is 9.58. The number of nitrogen functional groups attached to an aromatic ring is 1. The van der Waals surface area contributed by atoms with Crippen molar-refractivity contribution in [2.24, 2.45) is 16.6 Å². The molecule has 11 nitrogen and oxygen atoms in total. The summed E-state index contributed by atoms with van der Waals surface area (Å²) in [7, 11) is 0. The molecule has 30 heavy (non-hydrogen) atoms. The first kappa shape index (κ1) is 21.1. The van der Waals surface area contributed by atoms with Gasteiger partial charge < -0.3 is 27.4 Å². The Morgan fingerprint density at radius 2 is 1.87 bits per heavy atom. The molecule has 2 aromatic rings. The predicted molar refractivity (Wildman–Crippen MR) is 113 cm³/mol. The van der Waals surface area contributed by atoms with E-state index < -0.39 is 17.8 Å². The zero-order valence-corrected chi connectivity index (χ0v) is 16.0. The molecular weight excluding hydrogens is 388 g/mol. The first-order valence-corrected chi connectivity index (χ1v) is 9.01. The van der Waals surface area contributed by atoms with Crippen molar-refractivity contribution in [3.8, 4) is 0 Å². The normalized spacial score (nSPS) is 13.7. The highest BCUT2D eigenvalue weighted by Crippen LogP contribution is 2.26. The van der Waals surface area contributed by atoms with Crippen molar-refractivity contribution >= 4 is 46.2 Å². The Morgan fingerprint density at radius 3 is 2.60 bits per heavy atom. The number of carbonyl (C=O) groups is 2. The summed E-state index contributed by atoms with van der Waals surface area (Å²) in [6.07, 6.45) is 7.63. The van der Waals surface area contributed by atoms with E-state index in [-0.39, 0.29) is 24.6 Å². The Morgan fingerprint density at radius 1 is 1.10 bits per heavy atom. The summed E-state index contributed by atoms with van der Waals surface area (Å²) in [6.45, 7) is 0.680. The molecule has 1 amide bonds. The van der Waals surface area contributed by atoms with Gasteiger partial charge in [-0.15, -0.1) is 0 Å². The van der Waals surface area contributed by atoms with E-state index in [0.29, 0.717) is 17.4 Å². The van der Waals surface area contributed by atoms with E-state index in [1.54, 1.807) is 6.07 Å². The van der Waals surface area contributed by atoms with Crippen molar-refractivity contribution < 1.29 is 14.4 Å². The Kier molecular flexibility index (Phi) is 6.83. The van der Waals surface area contributed by atoms with E-state index in [0.717, 1.165) is 5.69 Å². The highest BCUT2D eigenvalue weighted by atomic mass is 16.7. The van der Waals surface area contributed by atoms with Gasteiger partial charge >= 0.3 is 5.97 Å². The van der Waals surface area contributed by atoms with Gasteiger partial charge in [0.1, 0.15) is 5.82 Å². The molecule has 1 aliphatic rings. The minimum Gasteiger partial charge on any atom is -0.384 e. The van der Waals surface area contributed by atoms with Crippen LogP contribution in [-0.4, -0.2) is 34.3 Å². The van der Waals surface area contributed by atoms with Crippen LogP contribution in [0.15, 0.2) is 23.4 Å². The van der Waals surface area contributed by atoms with Crippen LogP contribution in [0.3, 0.4) is 0 Å². The van der Waals surface area contributed by atoms with Crippen molar-refractivity contribution in [2.75, 3.05) is 22.9 Å². The van der Waals surface area contributed by atoms with Gasteiger partial charge in [0.15, 0.2) is 0 Å². The number of carbonyl (C=O) groups excluding carboxylic acids is 2. The van der Waals surface area contributed by atoms with Gasteiger partial charge in [-0.25, -0.2) is 9.78 Å². The number of oxime groups is 1. The maximum absolute atomic E-state index is 12.0.